The number of nitrogens with one attached hydrogen (secondary N) is 3. The summed E-state index contributed by atoms with van der Waals surface area (Å²) in [5, 5.41) is 17.6. The molecule has 0 aliphatic carbocycles. The van der Waals surface area contributed by atoms with Crippen molar-refractivity contribution >= 4 is 18.0 Å². The summed E-state index contributed by atoms with van der Waals surface area (Å²) in [5.41, 5.74) is 0.601. The Morgan fingerprint density at radius 2 is 2.00 bits per heavy atom. The third-order valence-corrected chi connectivity index (χ3v) is 4.71. The lowest BCUT2D eigenvalue weighted by molar-refractivity contribution is -0.130. The quantitative estimate of drug-likeness (QED) is 0.624. The number of carbonyl (C=O) groups is 3. The summed E-state index contributed by atoms with van der Waals surface area (Å²) < 4.78 is 5.11. The van der Waals surface area contributed by atoms with Gasteiger partial charge in [-0.25, -0.2) is 9.59 Å². The summed E-state index contributed by atoms with van der Waals surface area (Å²) in [6.07, 6.45) is 0.896. The van der Waals surface area contributed by atoms with Crippen LogP contribution in [-0.4, -0.2) is 47.8 Å². The average Bonchev–Trinajstić information content (AvgIpc) is 2.61. The Bertz CT molecular complexity index is 738. The Balaban J connectivity index is 1.97. The van der Waals surface area contributed by atoms with Crippen molar-refractivity contribution in [3.05, 3.63) is 23.8 Å². The van der Waals surface area contributed by atoms with E-state index in [-0.39, 0.29) is 11.5 Å². The monoisotopic (exact) mass is 362 g/mol. The van der Waals surface area contributed by atoms with Gasteiger partial charge in [-0.15, -0.1) is 0 Å². The van der Waals surface area contributed by atoms with E-state index in [9.17, 15) is 19.5 Å². The van der Waals surface area contributed by atoms with Crippen molar-refractivity contribution in [1.29, 1.82) is 0 Å². The number of phenolic OH excluding ortho intramolecular Hbond substituents is 1. The number of fused-ring (bicyclic) bond motifs is 1. The molecule has 0 radical (unpaired) electrons. The molecule has 3 rings (SSSR count). The number of urea groups is 2. The van der Waals surface area contributed by atoms with Crippen LogP contribution in [-0.2, 0) is 4.79 Å². The molecule has 9 heteroatoms. The largest absolute Gasteiger partial charge is 0.504 e. The van der Waals surface area contributed by atoms with Gasteiger partial charge in [-0.05, 0) is 24.1 Å². The fourth-order valence-corrected chi connectivity index (χ4v) is 3.38. The van der Waals surface area contributed by atoms with Crippen LogP contribution in [0.2, 0.25) is 0 Å². The first kappa shape index (κ1) is 17.8. The molecule has 2 aliphatic rings. The van der Waals surface area contributed by atoms with Gasteiger partial charge in [0.1, 0.15) is 12.1 Å². The molecule has 0 aromatic heterocycles. The van der Waals surface area contributed by atoms with Gasteiger partial charge in [0, 0.05) is 6.54 Å². The standard InChI is InChI=1S/C17H22N4O5/c1-3-4-7-21-14-12(15(23)20-17(21)25)13(18-16(24)19-14)9-5-6-10(22)11(8-9)26-2/h5-6,8,12-14,22H,3-4,7H2,1-2H3,(H2,18,19,24)(H,20,23,25). The van der Waals surface area contributed by atoms with Crippen molar-refractivity contribution in [1.82, 2.24) is 20.9 Å². The molecule has 2 aliphatic heterocycles. The molecule has 0 saturated carbocycles. The molecule has 1 aromatic carbocycles. The summed E-state index contributed by atoms with van der Waals surface area (Å²) in [6, 6.07) is 2.99. The second kappa shape index (κ2) is 7.11. The van der Waals surface area contributed by atoms with Crippen LogP contribution in [0.25, 0.3) is 0 Å². The minimum Gasteiger partial charge on any atom is -0.504 e. The second-order valence-electron chi connectivity index (χ2n) is 6.34. The average molecular weight is 362 g/mol. The van der Waals surface area contributed by atoms with Gasteiger partial charge >= 0.3 is 12.1 Å². The minimum atomic E-state index is -0.735. The van der Waals surface area contributed by atoms with E-state index in [1.165, 1.54) is 18.1 Å². The smallest absolute Gasteiger partial charge is 0.325 e. The Hall–Kier alpha value is -2.97. The summed E-state index contributed by atoms with van der Waals surface area (Å²) in [5.74, 6) is -0.975. The fraction of sp³-hybridized carbons (Fsp3) is 0.471. The molecule has 2 saturated heterocycles. The molecule has 5 amide bonds. The highest BCUT2D eigenvalue weighted by atomic mass is 16.5. The Morgan fingerprint density at radius 1 is 1.23 bits per heavy atom. The zero-order valence-electron chi connectivity index (χ0n) is 14.6. The maximum atomic E-state index is 12.5. The van der Waals surface area contributed by atoms with Gasteiger partial charge < -0.3 is 25.4 Å². The van der Waals surface area contributed by atoms with Crippen molar-refractivity contribution in [3.63, 3.8) is 0 Å². The van der Waals surface area contributed by atoms with E-state index >= 15 is 0 Å². The third kappa shape index (κ3) is 3.12. The minimum absolute atomic E-state index is 0.0408. The van der Waals surface area contributed by atoms with Crippen LogP contribution in [0.1, 0.15) is 31.4 Å². The molecule has 0 spiro atoms. The predicted octanol–water partition coefficient (Wildman–Crippen LogP) is 1.05. The molecular formula is C17H22N4O5. The number of ether oxygens (including phenoxy) is 1. The molecule has 3 atom stereocenters. The van der Waals surface area contributed by atoms with E-state index in [1.54, 1.807) is 12.1 Å². The van der Waals surface area contributed by atoms with Crippen LogP contribution in [0.4, 0.5) is 9.59 Å². The van der Waals surface area contributed by atoms with Gasteiger partial charge in [0.25, 0.3) is 0 Å². The fourth-order valence-electron chi connectivity index (χ4n) is 3.38. The van der Waals surface area contributed by atoms with E-state index in [0.717, 1.165) is 12.8 Å². The molecule has 3 unspecified atom stereocenters. The molecule has 2 fully saturated rings. The van der Waals surface area contributed by atoms with Gasteiger partial charge in [0.2, 0.25) is 5.91 Å². The number of rotatable bonds is 5. The van der Waals surface area contributed by atoms with Crippen LogP contribution in [0.3, 0.4) is 0 Å². The SMILES string of the molecule is CCCCN1C(=O)NC(=O)C2C(c3ccc(O)c(OC)c3)NC(=O)NC21. The number of nitrogens with zero attached hydrogens (tertiary/aromatic N) is 1. The number of aromatic hydroxyl groups is 1. The van der Waals surface area contributed by atoms with Crippen LogP contribution in [0.15, 0.2) is 18.2 Å². The molecule has 9 nitrogen and oxygen atoms in total. The molecular weight excluding hydrogens is 340 g/mol. The summed E-state index contributed by atoms with van der Waals surface area (Å²) in [6.45, 7) is 2.43. The number of hydrogen-bond acceptors (Lipinski definition) is 5. The second-order valence-corrected chi connectivity index (χ2v) is 6.34. The van der Waals surface area contributed by atoms with E-state index in [4.69, 9.17) is 4.74 Å². The highest BCUT2D eigenvalue weighted by molar-refractivity contribution is 6.00. The van der Waals surface area contributed by atoms with Crippen LogP contribution in [0.5, 0.6) is 11.5 Å². The number of unbranched alkanes of at least 4 members (excludes halogenated alkanes) is 1. The molecule has 140 valence electrons. The maximum absolute atomic E-state index is 12.5. The van der Waals surface area contributed by atoms with Gasteiger partial charge in [0.15, 0.2) is 11.5 Å². The number of phenols is 1. The number of methoxy groups -OCH3 is 1. The van der Waals surface area contributed by atoms with Crippen molar-refractivity contribution < 1.29 is 24.2 Å². The topological polar surface area (TPSA) is 120 Å². The highest BCUT2D eigenvalue weighted by Crippen LogP contribution is 2.36. The maximum Gasteiger partial charge on any atom is 0.325 e. The number of benzene rings is 1. The van der Waals surface area contributed by atoms with Gasteiger partial charge in [-0.3, -0.25) is 10.1 Å². The first-order chi connectivity index (χ1) is 12.5. The zero-order chi connectivity index (χ0) is 18.8. The van der Waals surface area contributed by atoms with E-state index in [1.807, 2.05) is 6.92 Å². The van der Waals surface area contributed by atoms with E-state index in [0.29, 0.717) is 12.1 Å². The molecule has 0 bridgehead atoms. The van der Waals surface area contributed by atoms with E-state index in [2.05, 4.69) is 16.0 Å². The Labute approximate surface area is 150 Å². The lowest BCUT2D eigenvalue weighted by Crippen LogP contribution is -2.72. The molecule has 26 heavy (non-hydrogen) atoms. The lowest BCUT2D eigenvalue weighted by Gasteiger charge is -2.46. The predicted molar refractivity (Wildman–Crippen MR) is 91.5 cm³/mol. The van der Waals surface area contributed by atoms with Crippen molar-refractivity contribution in [2.75, 3.05) is 13.7 Å². The lowest BCUT2D eigenvalue weighted by atomic mass is 9.86. The van der Waals surface area contributed by atoms with Crippen molar-refractivity contribution in [2.24, 2.45) is 5.92 Å². The summed E-state index contributed by atoms with van der Waals surface area (Å²) in [4.78, 5) is 38.4. The third-order valence-electron chi connectivity index (χ3n) is 4.71. The summed E-state index contributed by atoms with van der Waals surface area (Å²) in [7, 11) is 1.42. The number of carbonyl (C=O) groups excluding carboxylic acids is 3. The number of amides is 5. The van der Waals surface area contributed by atoms with Crippen LogP contribution < -0.4 is 20.7 Å². The molecule has 4 N–H and O–H groups in total. The Kier molecular flexibility index (Phi) is 4.88. The van der Waals surface area contributed by atoms with Crippen LogP contribution >= 0.6 is 0 Å². The van der Waals surface area contributed by atoms with Crippen LogP contribution in [0, 0.1) is 5.92 Å². The molecule has 1 aromatic rings. The zero-order valence-corrected chi connectivity index (χ0v) is 14.6. The first-order valence-corrected chi connectivity index (χ1v) is 8.51. The Morgan fingerprint density at radius 3 is 2.69 bits per heavy atom. The summed E-state index contributed by atoms with van der Waals surface area (Å²) >= 11 is 0. The van der Waals surface area contributed by atoms with Gasteiger partial charge in [-0.1, -0.05) is 19.4 Å². The highest BCUT2D eigenvalue weighted by Gasteiger charge is 2.49. The van der Waals surface area contributed by atoms with E-state index < -0.39 is 36.1 Å². The number of hydrogen-bond donors (Lipinski definition) is 4. The normalized spacial score (nSPS) is 25.1. The van der Waals surface area contributed by atoms with Crippen molar-refractivity contribution in [2.45, 2.75) is 32.0 Å². The molecule has 2 heterocycles. The van der Waals surface area contributed by atoms with Gasteiger partial charge in [0.05, 0.1) is 13.2 Å². The van der Waals surface area contributed by atoms with Crippen molar-refractivity contribution in [3.8, 4) is 11.5 Å². The first-order valence-electron chi connectivity index (χ1n) is 8.51. The van der Waals surface area contributed by atoms with Gasteiger partial charge in [-0.2, -0.15) is 0 Å². The number of imide groups is 1.